The van der Waals surface area contributed by atoms with Crippen molar-refractivity contribution in [3.8, 4) is 0 Å². The highest BCUT2D eigenvalue weighted by Crippen LogP contribution is 2.16. The third-order valence-electron chi connectivity index (χ3n) is 2.58. The lowest BCUT2D eigenvalue weighted by atomic mass is 10.2. The van der Waals surface area contributed by atoms with Gasteiger partial charge in [-0.25, -0.2) is 4.79 Å². The smallest absolute Gasteiger partial charge is 0.319 e. The van der Waals surface area contributed by atoms with Crippen molar-refractivity contribution in [3.05, 3.63) is 46.7 Å². The first kappa shape index (κ1) is 15.1. The van der Waals surface area contributed by atoms with Gasteiger partial charge in [-0.1, -0.05) is 6.07 Å². The summed E-state index contributed by atoms with van der Waals surface area (Å²) >= 11 is 1.47. The van der Waals surface area contributed by atoms with Gasteiger partial charge < -0.3 is 16.0 Å². The lowest BCUT2D eigenvalue weighted by Gasteiger charge is -2.11. The van der Waals surface area contributed by atoms with Crippen LogP contribution in [0.2, 0.25) is 0 Å². The van der Waals surface area contributed by atoms with E-state index < -0.39 is 0 Å². The fourth-order valence-corrected chi connectivity index (χ4v) is 2.34. The normalized spacial score (nSPS) is 10.2. The molecule has 1 aromatic carbocycles. The van der Waals surface area contributed by atoms with Gasteiger partial charge in [-0.05, 0) is 43.5 Å². The molecule has 0 aliphatic carbocycles. The van der Waals surface area contributed by atoms with E-state index in [1.54, 1.807) is 35.7 Å². The number of thiophene rings is 1. The van der Waals surface area contributed by atoms with E-state index in [0.717, 1.165) is 0 Å². The minimum atomic E-state index is -0.272. The number of amides is 3. The molecule has 0 aliphatic heterocycles. The molecule has 1 heterocycles. The van der Waals surface area contributed by atoms with Gasteiger partial charge in [-0.2, -0.15) is 11.3 Å². The highest BCUT2D eigenvalue weighted by molar-refractivity contribution is 7.08. The molecule has 0 aliphatic rings. The molecule has 0 saturated heterocycles. The van der Waals surface area contributed by atoms with E-state index in [0.29, 0.717) is 16.9 Å². The third kappa shape index (κ3) is 4.61. The van der Waals surface area contributed by atoms with Crippen LogP contribution >= 0.6 is 11.3 Å². The van der Waals surface area contributed by atoms with Gasteiger partial charge >= 0.3 is 6.03 Å². The Morgan fingerprint density at radius 1 is 1.10 bits per heavy atom. The number of carbonyl (C=O) groups excluding carboxylic acids is 2. The van der Waals surface area contributed by atoms with Crippen LogP contribution in [0.25, 0.3) is 0 Å². The maximum atomic E-state index is 12.0. The van der Waals surface area contributed by atoms with Crippen LogP contribution in [0, 0.1) is 0 Å². The molecule has 2 aromatic rings. The molecule has 2 rings (SSSR count). The molecule has 0 atom stereocenters. The van der Waals surface area contributed by atoms with E-state index in [1.807, 2.05) is 19.2 Å². The topological polar surface area (TPSA) is 70.2 Å². The van der Waals surface area contributed by atoms with Crippen LogP contribution in [0.1, 0.15) is 24.2 Å². The average Bonchev–Trinajstić information content (AvgIpc) is 2.91. The zero-order valence-corrected chi connectivity index (χ0v) is 12.7. The van der Waals surface area contributed by atoms with Crippen molar-refractivity contribution in [2.75, 3.05) is 10.6 Å². The highest BCUT2D eigenvalue weighted by atomic mass is 32.1. The Morgan fingerprint density at radius 2 is 1.81 bits per heavy atom. The maximum absolute atomic E-state index is 12.0. The lowest BCUT2D eigenvalue weighted by molar-refractivity contribution is 0.102. The summed E-state index contributed by atoms with van der Waals surface area (Å²) in [4.78, 5) is 23.6. The second kappa shape index (κ2) is 6.90. The van der Waals surface area contributed by atoms with E-state index in [9.17, 15) is 9.59 Å². The molecule has 110 valence electrons. The van der Waals surface area contributed by atoms with Crippen molar-refractivity contribution in [1.29, 1.82) is 0 Å². The molecule has 1 aromatic heterocycles. The van der Waals surface area contributed by atoms with Gasteiger partial charge in [0.25, 0.3) is 5.91 Å². The summed E-state index contributed by atoms with van der Waals surface area (Å²) in [6, 6.07) is 8.57. The second-order valence-electron chi connectivity index (χ2n) is 4.80. The van der Waals surface area contributed by atoms with E-state index >= 15 is 0 Å². The molecular formula is C15H17N3O2S. The van der Waals surface area contributed by atoms with E-state index in [4.69, 9.17) is 0 Å². The Hall–Kier alpha value is -2.34. The number of carbonyl (C=O) groups is 2. The maximum Gasteiger partial charge on any atom is 0.319 e. The minimum Gasteiger partial charge on any atom is -0.336 e. The van der Waals surface area contributed by atoms with E-state index in [-0.39, 0.29) is 18.0 Å². The second-order valence-corrected chi connectivity index (χ2v) is 5.58. The molecule has 0 saturated carbocycles. The number of hydrogen-bond donors (Lipinski definition) is 3. The molecule has 0 spiro atoms. The molecule has 0 unspecified atom stereocenters. The van der Waals surface area contributed by atoms with Gasteiger partial charge in [0.1, 0.15) is 0 Å². The molecular weight excluding hydrogens is 286 g/mol. The number of anilines is 2. The fraction of sp³-hybridized carbons (Fsp3) is 0.200. The third-order valence-corrected chi connectivity index (χ3v) is 3.26. The largest absolute Gasteiger partial charge is 0.336 e. The minimum absolute atomic E-state index is 0.0616. The SMILES string of the molecule is CC(C)NC(=O)Nc1cccc(NC(=O)c2ccsc2)c1. The number of benzene rings is 1. The monoisotopic (exact) mass is 303 g/mol. The number of rotatable bonds is 4. The van der Waals surface area contributed by atoms with Crippen molar-refractivity contribution in [1.82, 2.24) is 5.32 Å². The van der Waals surface area contributed by atoms with Crippen molar-refractivity contribution in [2.45, 2.75) is 19.9 Å². The Balaban J connectivity index is 2.01. The summed E-state index contributed by atoms with van der Waals surface area (Å²) in [7, 11) is 0. The van der Waals surface area contributed by atoms with Gasteiger partial charge in [0, 0.05) is 22.8 Å². The van der Waals surface area contributed by atoms with Crippen molar-refractivity contribution >= 4 is 34.6 Å². The molecule has 21 heavy (non-hydrogen) atoms. The van der Waals surface area contributed by atoms with E-state index in [2.05, 4.69) is 16.0 Å². The predicted molar refractivity (Wildman–Crippen MR) is 86.0 cm³/mol. The van der Waals surface area contributed by atoms with Crippen LogP contribution in [0.5, 0.6) is 0 Å². The van der Waals surface area contributed by atoms with Crippen LogP contribution < -0.4 is 16.0 Å². The summed E-state index contributed by atoms with van der Waals surface area (Å²) in [5.41, 5.74) is 1.88. The summed E-state index contributed by atoms with van der Waals surface area (Å²) in [6.45, 7) is 3.77. The Kier molecular flexibility index (Phi) is 4.94. The van der Waals surface area contributed by atoms with Crippen LogP contribution in [0.4, 0.5) is 16.2 Å². The van der Waals surface area contributed by atoms with Gasteiger partial charge in [-0.15, -0.1) is 0 Å². The molecule has 0 radical (unpaired) electrons. The first-order valence-corrected chi connectivity index (χ1v) is 7.50. The van der Waals surface area contributed by atoms with Crippen LogP contribution in [0.15, 0.2) is 41.1 Å². The van der Waals surface area contributed by atoms with Gasteiger partial charge in [0.2, 0.25) is 0 Å². The fourth-order valence-electron chi connectivity index (χ4n) is 1.70. The Labute approximate surface area is 127 Å². The zero-order chi connectivity index (χ0) is 15.2. The molecule has 5 nitrogen and oxygen atoms in total. The summed E-state index contributed by atoms with van der Waals surface area (Å²) in [5, 5.41) is 11.9. The van der Waals surface area contributed by atoms with Crippen LogP contribution in [0.3, 0.4) is 0 Å². The summed E-state index contributed by atoms with van der Waals surface area (Å²) in [6.07, 6.45) is 0. The quantitative estimate of drug-likeness (QED) is 0.808. The van der Waals surface area contributed by atoms with Crippen LogP contribution in [-0.2, 0) is 0 Å². The molecule has 3 amide bonds. The van der Waals surface area contributed by atoms with Crippen LogP contribution in [-0.4, -0.2) is 18.0 Å². The number of hydrogen-bond acceptors (Lipinski definition) is 3. The average molecular weight is 303 g/mol. The van der Waals surface area contributed by atoms with Crippen molar-refractivity contribution in [2.24, 2.45) is 0 Å². The van der Waals surface area contributed by atoms with Crippen molar-refractivity contribution < 1.29 is 9.59 Å². The first-order chi connectivity index (χ1) is 10.0. The Morgan fingerprint density at radius 3 is 2.43 bits per heavy atom. The van der Waals surface area contributed by atoms with Gasteiger partial charge in [0.05, 0.1) is 5.56 Å². The Bertz CT molecular complexity index is 624. The molecule has 0 fully saturated rings. The molecule has 6 heteroatoms. The number of nitrogens with one attached hydrogen (secondary N) is 3. The molecule has 3 N–H and O–H groups in total. The standard InChI is InChI=1S/C15H17N3O2S/c1-10(2)16-15(20)18-13-5-3-4-12(8-13)17-14(19)11-6-7-21-9-11/h3-10H,1-2H3,(H,17,19)(H2,16,18,20). The van der Waals surface area contributed by atoms with Gasteiger partial charge in [-0.3, -0.25) is 4.79 Å². The molecule has 0 bridgehead atoms. The lowest BCUT2D eigenvalue weighted by Crippen LogP contribution is -2.34. The van der Waals surface area contributed by atoms with E-state index in [1.165, 1.54) is 11.3 Å². The van der Waals surface area contributed by atoms with Gasteiger partial charge in [0.15, 0.2) is 0 Å². The zero-order valence-electron chi connectivity index (χ0n) is 11.8. The van der Waals surface area contributed by atoms with Crippen molar-refractivity contribution in [3.63, 3.8) is 0 Å². The highest BCUT2D eigenvalue weighted by Gasteiger charge is 2.07. The number of urea groups is 1. The summed E-state index contributed by atoms with van der Waals surface area (Å²) in [5.74, 6) is -0.167. The summed E-state index contributed by atoms with van der Waals surface area (Å²) < 4.78 is 0. The first-order valence-electron chi connectivity index (χ1n) is 6.56. The predicted octanol–water partition coefficient (Wildman–Crippen LogP) is 3.53.